The zero-order valence-electron chi connectivity index (χ0n) is 4.78. The van der Waals surface area contributed by atoms with Crippen LogP contribution in [0, 0.1) is 0 Å². The first-order valence-electron chi connectivity index (χ1n) is 2.93. The van der Waals surface area contributed by atoms with Crippen LogP contribution in [0.3, 0.4) is 0 Å². The van der Waals surface area contributed by atoms with Crippen LogP contribution in [0.2, 0.25) is 0 Å². The number of aliphatic carboxylic acids is 1. The Labute approximate surface area is 52.0 Å². The van der Waals surface area contributed by atoms with Crippen LogP contribution in [0.4, 0.5) is 0 Å². The van der Waals surface area contributed by atoms with Crippen LogP contribution in [0.25, 0.3) is 0 Å². The number of carbonyl (C=O) groups is 1. The van der Waals surface area contributed by atoms with Crippen LogP contribution in [-0.4, -0.2) is 34.8 Å². The van der Waals surface area contributed by atoms with E-state index < -0.39 is 5.97 Å². The molecule has 0 spiro atoms. The first-order valence-corrected chi connectivity index (χ1v) is 2.93. The quantitative estimate of drug-likeness (QED) is 0.516. The van der Waals surface area contributed by atoms with Crippen LogP contribution in [0.15, 0.2) is 0 Å². The average molecular weight is 129 g/mol. The first-order chi connectivity index (χ1) is 4.27. The van der Waals surface area contributed by atoms with Crippen molar-refractivity contribution in [3.8, 4) is 0 Å². The number of carboxylic acid groups (broad SMARTS) is 1. The Bertz CT molecular complexity index is 152. The van der Waals surface area contributed by atoms with E-state index in [2.05, 4.69) is 0 Å². The van der Waals surface area contributed by atoms with Gasteiger partial charge in [0.15, 0.2) is 0 Å². The van der Waals surface area contributed by atoms with Gasteiger partial charge in [-0.15, -0.1) is 0 Å². The van der Waals surface area contributed by atoms with E-state index in [9.17, 15) is 4.79 Å². The van der Waals surface area contributed by atoms with Gasteiger partial charge in [-0.3, -0.25) is 9.63 Å². The van der Waals surface area contributed by atoms with E-state index in [1.807, 2.05) is 0 Å². The molecule has 3 saturated heterocycles. The van der Waals surface area contributed by atoms with E-state index in [1.165, 1.54) is 5.06 Å². The second-order valence-electron chi connectivity index (χ2n) is 2.42. The summed E-state index contributed by atoms with van der Waals surface area (Å²) < 4.78 is 0. The summed E-state index contributed by atoms with van der Waals surface area (Å²) in [6.45, 7) is 0.803. The van der Waals surface area contributed by atoms with Gasteiger partial charge in [0.25, 0.3) is 0 Å². The summed E-state index contributed by atoms with van der Waals surface area (Å²) in [4.78, 5) is 15.3. The zero-order chi connectivity index (χ0) is 6.43. The molecule has 0 aromatic heterocycles. The molecule has 3 atom stereocenters. The highest BCUT2D eigenvalue weighted by atomic mass is 16.7. The van der Waals surface area contributed by atoms with Gasteiger partial charge in [0.1, 0.15) is 6.04 Å². The van der Waals surface area contributed by atoms with Crippen LogP contribution in [-0.2, 0) is 9.63 Å². The topological polar surface area (TPSA) is 49.8 Å². The molecule has 9 heavy (non-hydrogen) atoms. The van der Waals surface area contributed by atoms with Crippen LogP contribution in [0.5, 0.6) is 0 Å². The number of fused-ring (bicyclic) bond motifs is 1. The molecule has 0 radical (unpaired) electrons. The lowest BCUT2D eigenvalue weighted by molar-refractivity contribution is -0.254. The number of hydroxylamine groups is 2. The van der Waals surface area contributed by atoms with E-state index in [4.69, 9.17) is 9.94 Å². The maximum absolute atomic E-state index is 10.3. The summed E-state index contributed by atoms with van der Waals surface area (Å²) in [5.74, 6) is -0.769. The number of rotatable bonds is 1. The van der Waals surface area contributed by atoms with Crippen molar-refractivity contribution in [1.82, 2.24) is 5.06 Å². The zero-order valence-corrected chi connectivity index (χ0v) is 4.78. The highest BCUT2D eigenvalue weighted by Gasteiger charge is 2.47. The molecule has 3 aliphatic heterocycles. The maximum Gasteiger partial charge on any atom is 0.323 e. The van der Waals surface area contributed by atoms with E-state index in [-0.39, 0.29) is 12.1 Å². The van der Waals surface area contributed by atoms with Crippen molar-refractivity contribution >= 4 is 5.97 Å². The molecular weight excluding hydrogens is 122 g/mol. The number of nitrogens with zero attached hydrogens (tertiary/aromatic N) is 1. The molecule has 3 rings (SSSR count). The molecule has 2 bridgehead atoms. The molecule has 3 heterocycles. The molecule has 50 valence electrons. The van der Waals surface area contributed by atoms with Gasteiger partial charge >= 0.3 is 5.97 Å². The van der Waals surface area contributed by atoms with Crippen LogP contribution >= 0.6 is 0 Å². The van der Waals surface area contributed by atoms with E-state index in [0.717, 1.165) is 6.54 Å². The first kappa shape index (κ1) is 5.20. The Kier molecular flexibility index (Phi) is 0.841. The van der Waals surface area contributed by atoms with Gasteiger partial charge in [0.05, 0.1) is 12.6 Å². The molecule has 0 aromatic carbocycles. The standard InChI is InChI=1S/C5H7NO3/c7-5(8)4-1-3-2-6(4)9-3/h3-4H,1-2H2,(H,7,8)/t3?,4-/m0/s1. The largest absolute Gasteiger partial charge is 0.480 e. The third-order valence-corrected chi connectivity index (χ3v) is 1.79. The summed E-state index contributed by atoms with van der Waals surface area (Å²) in [6, 6.07) is -0.366. The minimum atomic E-state index is -0.769. The maximum atomic E-state index is 10.3. The van der Waals surface area contributed by atoms with Crippen molar-refractivity contribution in [2.24, 2.45) is 0 Å². The molecule has 0 amide bonds. The molecular formula is C5H7NO3. The monoisotopic (exact) mass is 129 g/mol. The van der Waals surface area contributed by atoms with Crippen molar-refractivity contribution in [2.45, 2.75) is 18.6 Å². The fraction of sp³-hybridized carbons (Fsp3) is 0.800. The predicted molar refractivity (Wildman–Crippen MR) is 27.6 cm³/mol. The number of carboxylic acids is 1. The van der Waals surface area contributed by atoms with Gasteiger partial charge < -0.3 is 5.11 Å². The fourth-order valence-corrected chi connectivity index (χ4v) is 1.29. The molecule has 3 aliphatic rings. The molecule has 4 heteroatoms. The van der Waals surface area contributed by atoms with Gasteiger partial charge in [-0.05, 0) is 0 Å². The molecule has 0 aliphatic carbocycles. The summed E-state index contributed by atoms with van der Waals surface area (Å²) in [6.07, 6.45) is 0.862. The fourth-order valence-electron chi connectivity index (χ4n) is 1.29. The van der Waals surface area contributed by atoms with Crippen molar-refractivity contribution in [3.63, 3.8) is 0 Å². The van der Waals surface area contributed by atoms with Crippen molar-refractivity contribution in [2.75, 3.05) is 6.54 Å². The number of hydrogen-bond acceptors (Lipinski definition) is 3. The predicted octanol–water partition coefficient (Wildman–Crippen LogP) is -0.541. The van der Waals surface area contributed by atoms with Crippen LogP contribution < -0.4 is 0 Å². The Morgan fingerprint density at radius 1 is 1.78 bits per heavy atom. The summed E-state index contributed by atoms with van der Waals surface area (Å²) in [5, 5.41) is 10.0. The Morgan fingerprint density at radius 3 is 2.67 bits per heavy atom. The third-order valence-electron chi connectivity index (χ3n) is 1.79. The van der Waals surface area contributed by atoms with E-state index >= 15 is 0 Å². The van der Waals surface area contributed by atoms with Crippen LogP contribution in [0.1, 0.15) is 6.42 Å². The lowest BCUT2D eigenvalue weighted by Gasteiger charge is -2.27. The second-order valence-corrected chi connectivity index (χ2v) is 2.42. The second kappa shape index (κ2) is 1.46. The van der Waals surface area contributed by atoms with Gasteiger partial charge in [0, 0.05) is 6.42 Å². The van der Waals surface area contributed by atoms with Gasteiger partial charge in [-0.1, -0.05) is 0 Å². The highest BCUT2D eigenvalue weighted by molar-refractivity contribution is 5.74. The van der Waals surface area contributed by atoms with Gasteiger partial charge in [-0.2, -0.15) is 5.06 Å². The molecule has 0 saturated carbocycles. The highest BCUT2D eigenvalue weighted by Crippen LogP contribution is 2.31. The third kappa shape index (κ3) is 0.571. The van der Waals surface area contributed by atoms with Crippen molar-refractivity contribution in [1.29, 1.82) is 0 Å². The van der Waals surface area contributed by atoms with E-state index in [0.29, 0.717) is 6.42 Å². The number of hydrogen-bond donors (Lipinski definition) is 1. The van der Waals surface area contributed by atoms with E-state index in [1.54, 1.807) is 0 Å². The SMILES string of the molecule is O=C(O)[C@@H]1CC2CN1O2. The summed E-state index contributed by atoms with van der Waals surface area (Å²) in [5.41, 5.74) is 0. The van der Waals surface area contributed by atoms with Gasteiger partial charge in [0.2, 0.25) is 0 Å². The minimum Gasteiger partial charge on any atom is -0.480 e. The van der Waals surface area contributed by atoms with Crippen molar-refractivity contribution in [3.05, 3.63) is 0 Å². The smallest absolute Gasteiger partial charge is 0.323 e. The lowest BCUT2D eigenvalue weighted by atomic mass is 10.2. The van der Waals surface area contributed by atoms with Crippen molar-refractivity contribution < 1.29 is 14.7 Å². The summed E-state index contributed by atoms with van der Waals surface area (Å²) >= 11 is 0. The molecule has 2 unspecified atom stereocenters. The summed E-state index contributed by atoms with van der Waals surface area (Å²) in [7, 11) is 0. The normalized spacial score (nSPS) is 46.4. The van der Waals surface area contributed by atoms with Gasteiger partial charge in [-0.25, -0.2) is 0 Å². The minimum absolute atomic E-state index is 0.200. The Hall–Kier alpha value is -0.610. The molecule has 4 nitrogen and oxygen atoms in total. The lowest BCUT2D eigenvalue weighted by Crippen LogP contribution is -2.42. The Morgan fingerprint density at radius 2 is 2.44 bits per heavy atom. The average Bonchev–Trinajstić information content (AvgIpc) is 2.12. The molecule has 1 N–H and O–H groups in total. The Balaban J connectivity index is 2.08. The molecule has 0 aromatic rings. The molecule has 3 fully saturated rings.